The molecule has 0 bridgehead atoms. The number of fused-ring (bicyclic) bond motifs is 1. The van der Waals surface area contributed by atoms with Crippen molar-refractivity contribution in [2.24, 2.45) is 10.2 Å². The second kappa shape index (κ2) is 5.30. The number of nitrogens with zero attached hydrogens (tertiary/aromatic N) is 4. The minimum atomic E-state index is 0.606. The average Bonchev–Trinajstić information content (AvgIpc) is 2.35. The molecular weight excluding hydrogens is 200 g/mol. The van der Waals surface area contributed by atoms with Crippen LogP contribution in [0.4, 0.5) is 5.82 Å². The lowest BCUT2D eigenvalue weighted by Crippen LogP contribution is -1.83. The molecule has 0 unspecified atom stereocenters. The van der Waals surface area contributed by atoms with Gasteiger partial charge in [-0.25, -0.2) is 0 Å². The summed E-state index contributed by atoms with van der Waals surface area (Å²) in [5.74, 6) is 0.606. The first-order valence-electron chi connectivity index (χ1n) is 5.49. The van der Waals surface area contributed by atoms with E-state index >= 15 is 0 Å². The van der Waals surface area contributed by atoms with Gasteiger partial charge in [-0.3, -0.25) is 0 Å². The highest BCUT2D eigenvalue weighted by atomic mass is 15.2. The summed E-state index contributed by atoms with van der Waals surface area (Å²) in [5.41, 5.74) is 0. The first kappa shape index (κ1) is 10.7. The highest BCUT2D eigenvalue weighted by Crippen LogP contribution is 2.21. The first-order valence-corrected chi connectivity index (χ1v) is 5.49. The molecule has 0 aliphatic heterocycles. The van der Waals surface area contributed by atoms with Crippen LogP contribution in [-0.4, -0.2) is 16.7 Å². The molecule has 0 fully saturated rings. The molecule has 1 heterocycles. The molecular formula is C12H14N4. The van der Waals surface area contributed by atoms with E-state index in [2.05, 4.69) is 27.3 Å². The lowest BCUT2D eigenvalue weighted by Gasteiger charge is -1.97. The number of rotatable bonds is 4. The van der Waals surface area contributed by atoms with Crippen molar-refractivity contribution in [1.29, 1.82) is 0 Å². The molecule has 1 aromatic heterocycles. The topological polar surface area (TPSA) is 50.5 Å². The Kier molecular flexibility index (Phi) is 3.53. The van der Waals surface area contributed by atoms with E-state index in [1.807, 2.05) is 24.3 Å². The lowest BCUT2D eigenvalue weighted by atomic mass is 10.2. The molecule has 0 aliphatic rings. The van der Waals surface area contributed by atoms with Gasteiger partial charge in [0, 0.05) is 10.8 Å². The standard InChI is InChI=1S/C12H14N4/c1-2-3-8-13-15-12-11-7-5-4-6-10(11)9-14-16-12/h4-7,9H,2-3,8H2,1H3. The normalized spacial score (nSPS) is 11.3. The highest BCUT2D eigenvalue weighted by molar-refractivity contribution is 5.89. The molecule has 0 amide bonds. The minimum absolute atomic E-state index is 0.606. The van der Waals surface area contributed by atoms with E-state index in [1.54, 1.807) is 6.20 Å². The molecule has 0 spiro atoms. The third-order valence-electron chi connectivity index (χ3n) is 2.33. The van der Waals surface area contributed by atoms with E-state index in [4.69, 9.17) is 0 Å². The van der Waals surface area contributed by atoms with Crippen LogP contribution < -0.4 is 0 Å². The Morgan fingerprint density at radius 2 is 2.12 bits per heavy atom. The fraction of sp³-hybridized carbons (Fsp3) is 0.333. The van der Waals surface area contributed by atoms with E-state index in [9.17, 15) is 0 Å². The van der Waals surface area contributed by atoms with Crippen LogP contribution in [0, 0.1) is 0 Å². The molecule has 1 aromatic carbocycles. The Labute approximate surface area is 94.4 Å². The van der Waals surface area contributed by atoms with Gasteiger partial charge in [-0.05, 0) is 6.42 Å². The van der Waals surface area contributed by atoms with Crippen molar-refractivity contribution in [2.45, 2.75) is 19.8 Å². The zero-order valence-electron chi connectivity index (χ0n) is 9.30. The van der Waals surface area contributed by atoms with Crippen molar-refractivity contribution in [3.63, 3.8) is 0 Å². The Morgan fingerprint density at radius 3 is 3.00 bits per heavy atom. The van der Waals surface area contributed by atoms with E-state index in [0.717, 1.165) is 30.2 Å². The van der Waals surface area contributed by atoms with Crippen molar-refractivity contribution in [3.05, 3.63) is 30.5 Å². The van der Waals surface area contributed by atoms with E-state index in [-0.39, 0.29) is 0 Å². The number of hydrogen-bond acceptors (Lipinski definition) is 4. The smallest absolute Gasteiger partial charge is 0.187 e. The number of benzene rings is 1. The van der Waals surface area contributed by atoms with Crippen molar-refractivity contribution in [3.8, 4) is 0 Å². The second-order valence-corrected chi connectivity index (χ2v) is 3.57. The zero-order chi connectivity index (χ0) is 11.2. The fourth-order valence-corrected chi connectivity index (χ4v) is 1.43. The maximum atomic E-state index is 4.12. The average molecular weight is 214 g/mol. The molecule has 4 heteroatoms. The quantitative estimate of drug-likeness (QED) is 0.577. The largest absolute Gasteiger partial charge is 0.203 e. The fourth-order valence-electron chi connectivity index (χ4n) is 1.43. The molecule has 4 nitrogen and oxygen atoms in total. The highest BCUT2D eigenvalue weighted by Gasteiger charge is 2.00. The van der Waals surface area contributed by atoms with Crippen molar-refractivity contribution in [1.82, 2.24) is 10.2 Å². The molecule has 0 N–H and O–H groups in total. The van der Waals surface area contributed by atoms with Crippen molar-refractivity contribution >= 4 is 16.6 Å². The molecule has 16 heavy (non-hydrogen) atoms. The summed E-state index contributed by atoms with van der Waals surface area (Å²) in [6.45, 7) is 2.88. The van der Waals surface area contributed by atoms with Gasteiger partial charge >= 0.3 is 0 Å². The van der Waals surface area contributed by atoms with Crippen LogP contribution in [-0.2, 0) is 0 Å². The molecule has 82 valence electrons. The van der Waals surface area contributed by atoms with Crippen LogP contribution in [0.25, 0.3) is 10.8 Å². The minimum Gasteiger partial charge on any atom is -0.187 e. The van der Waals surface area contributed by atoms with Gasteiger partial charge in [0.25, 0.3) is 0 Å². The Hall–Kier alpha value is -1.84. The van der Waals surface area contributed by atoms with Gasteiger partial charge in [0.15, 0.2) is 0 Å². The van der Waals surface area contributed by atoms with E-state index in [0.29, 0.717) is 5.82 Å². The first-order chi connectivity index (χ1) is 7.92. The molecule has 0 radical (unpaired) electrons. The van der Waals surface area contributed by atoms with E-state index in [1.165, 1.54) is 0 Å². The van der Waals surface area contributed by atoms with Crippen LogP contribution in [0.15, 0.2) is 40.7 Å². The zero-order valence-corrected chi connectivity index (χ0v) is 9.30. The predicted molar refractivity (Wildman–Crippen MR) is 63.8 cm³/mol. The lowest BCUT2D eigenvalue weighted by molar-refractivity contribution is 0.777. The van der Waals surface area contributed by atoms with Gasteiger partial charge in [0.1, 0.15) is 0 Å². The summed E-state index contributed by atoms with van der Waals surface area (Å²) in [7, 11) is 0. The molecule has 0 atom stereocenters. The van der Waals surface area contributed by atoms with Gasteiger partial charge in [0.2, 0.25) is 5.82 Å². The Morgan fingerprint density at radius 1 is 1.25 bits per heavy atom. The summed E-state index contributed by atoms with van der Waals surface area (Å²) in [6, 6.07) is 7.92. The number of unbranched alkanes of at least 4 members (excludes halogenated alkanes) is 1. The summed E-state index contributed by atoms with van der Waals surface area (Å²) < 4.78 is 0. The van der Waals surface area contributed by atoms with Crippen LogP contribution in [0.3, 0.4) is 0 Å². The maximum Gasteiger partial charge on any atom is 0.203 e. The maximum absolute atomic E-state index is 4.12. The van der Waals surface area contributed by atoms with Crippen molar-refractivity contribution in [2.75, 3.05) is 6.54 Å². The Bertz CT molecular complexity index is 488. The van der Waals surface area contributed by atoms with Gasteiger partial charge in [-0.15, -0.1) is 10.2 Å². The van der Waals surface area contributed by atoms with Crippen molar-refractivity contribution < 1.29 is 0 Å². The van der Waals surface area contributed by atoms with Crippen LogP contribution in [0.2, 0.25) is 0 Å². The summed E-state index contributed by atoms with van der Waals surface area (Å²) >= 11 is 0. The van der Waals surface area contributed by atoms with Crippen LogP contribution in [0.1, 0.15) is 19.8 Å². The molecule has 2 aromatic rings. The number of hydrogen-bond donors (Lipinski definition) is 0. The number of aromatic nitrogens is 2. The monoisotopic (exact) mass is 214 g/mol. The number of azo groups is 1. The third kappa shape index (κ3) is 2.39. The van der Waals surface area contributed by atoms with Crippen LogP contribution >= 0.6 is 0 Å². The molecule has 0 aliphatic carbocycles. The molecule has 2 rings (SSSR count). The third-order valence-corrected chi connectivity index (χ3v) is 2.33. The van der Waals surface area contributed by atoms with E-state index < -0.39 is 0 Å². The predicted octanol–water partition coefficient (Wildman–Crippen LogP) is 3.51. The summed E-state index contributed by atoms with van der Waals surface area (Å²) in [4.78, 5) is 0. The van der Waals surface area contributed by atoms with Gasteiger partial charge in [0.05, 0.1) is 12.7 Å². The molecule has 0 saturated heterocycles. The molecule has 0 saturated carbocycles. The Balaban J connectivity index is 2.27. The summed E-state index contributed by atoms with van der Waals surface area (Å²) in [6.07, 6.45) is 3.92. The van der Waals surface area contributed by atoms with Crippen LogP contribution in [0.5, 0.6) is 0 Å². The second-order valence-electron chi connectivity index (χ2n) is 3.57. The van der Waals surface area contributed by atoms with Gasteiger partial charge in [-0.2, -0.15) is 10.2 Å². The van der Waals surface area contributed by atoms with Gasteiger partial charge in [-0.1, -0.05) is 37.6 Å². The SMILES string of the molecule is CCCCN=Nc1nncc2ccccc12. The summed E-state index contributed by atoms with van der Waals surface area (Å²) in [5, 5.41) is 18.2. The van der Waals surface area contributed by atoms with Gasteiger partial charge < -0.3 is 0 Å².